The maximum atomic E-state index is 13.4. The molecule has 6 nitrogen and oxygen atoms in total. The molecule has 0 spiro atoms. The molecular weight excluding hydrogens is 428 g/mol. The number of thiocarbonyl (C=S) groups is 1. The van der Waals surface area contributed by atoms with Crippen LogP contribution in [0.15, 0.2) is 28.0 Å². The Morgan fingerprint density at radius 1 is 1.26 bits per heavy atom. The molecule has 1 aliphatic heterocycles. The Morgan fingerprint density at radius 2 is 2.03 bits per heavy atom. The van der Waals surface area contributed by atoms with E-state index >= 15 is 0 Å². The van der Waals surface area contributed by atoms with Crippen LogP contribution in [0.1, 0.15) is 63.0 Å². The van der Waals surface area contributed by atoms with Gasteiger partial charge in [0.15, 0.2) is 0 Å². The van der Waals surface area contributed by atoms with Crippen molar-refractivity contribution < 1.29 is 4.79 Å². The Morgan fingerprint density at radius 3 is 2.77 bits per heavy atom. The van der Waals surface area contributed by atoms with Crippen molar-refractivity contribution in [3.8, 4) is 0 Å². The molecular formula is C23H28N4O2S2. The number of hydrogen-bond donors (Lipinski definition) is 1. The first-order valence-corrected chi connectivity index (χ1v) is 12.3. The molecule has 0 unspecified atom stereocenters. The SMILES string of the molecule is CCCCN1C(=O)/C(=C\c2c(NC3CCCCC3)nc3ccc(C)cn3c2=O)SC1=S. The van der Waals surface area contributed by atoms with Crippen molar-refractivity contribution in [2.45, 2.75) is 64.8 Å². The van der Waals surface area contributed by atoms with Crippen molar-refractivity contribution in [1.82, 2.24) is 14.3 Å². The van der Waals surface area contributed by atoms with Crippen molar-refractivity contribution in [3.63, 3.8) is 0 Å². The Hall–Kier alpha value is -2.19. The molecule has 1 saturated heterocycles. The number of carbonyl (C=O) groups excluding carboxylic acids is 1. The molecule has 31 heavy (non-hydrogen) atoms. The van der Waals surface area contributed by atoms with Crippen LogP contribution in [0.4, 0.5) is 5.82 Å². The van der Waals surface area contributed by atoms with Crippen LogP contribution in [-0.2, 0) is 4.79 Å². The molecule has 0 aromatic carbocycles. The number of aryl methyl sites for hydroxylation is 1. The van der Waals surface area contributed by atoms with Gasteiger partial charge in [-0.05, 0) is 43.9 Å². The van der Waals surface area contributed by atoms with E-state index in [0.29, 0.717) is 38.8 Å². The fourth-order valence-corrected chi connectivity index (χ4v) is 5.37. The first-order valence-electron chi connectivity index (χ1n) is 11.0. The van der Waals surface area contributed by atoms with E-state index < -0.39 is 0 Å². The molecule has 2 fully saturated rings. The summed E-state index contributed by atoms with van der Waals surface area (Å²) in [5.74, 6) is 0.431. The molecule has 3 heterocycles. The Bertz CT molecular complexity index is 1100. The van der Waals surface area contributed by atoms with Gasteiger partial charge < -0.3 is 5.32 Å². The summed E-state index contributed by atoms with van der Waals surface area (Å²) < 4.78 is 2.11. The van der Waals surface area contributed by atoms with Crippen LogP contribution in [0.5, 0.6) is 0 Å². The maximum Gasteiger partial charge on any atom is 0.267 e. The van der Waals surface area contributed by atoms with Gasteiger partial charge in [0.2, 0.25) is 0 Å². The summed E-state index contributed by atoms with van der Waals surface area (Å²) in [5, 5.41) is 3.51. The van der Waals surface area contributed by atoms with Gasteiger partial charge in [-0.2, -0.15) is 0 Å². The lowest BCUT2D eigenvalue weighted by Crippen LogP contribution is -2.29. The van der Waals surface area contributed by atoms with Crippen LogP contribution in [-0.4, -0.2) is 37.1 Å². The molecule has 0 atom stereocenters. The average molecular weight is 457 g/mol. The largest absolute Gasteiger partial charge is 0.367 e. The number of unbranched alkanes of at least 4 members (excludes halogenated alkanes) is 1. The van der Waals surface area contributed by atoms with Crippen LogP contribution < -0.4 is 10.9 Å². The van der Waals surface area contributed by atoms with Crippen LogP contribution in [0, 0.1) is 6.92 Å². The Labute approximate surface area is 192 Å². The normalized spacial score (nSPS) is 19.0. The number of amides is 1. The van der Waals surface area contributed by atoms with Gasteiger partial charge in [-0.3, -0.25) is 18.9 Å². The number of nitrogens with zero attached hydrogens (tertiary/aromatic N) is 3. The highest BCUT2D eigenvalue weighted by molar-refractivity contribution is 8.26. The van der Waals surface area contributed by atoms with Gasteiger partial charge in [-0.15, -0.1) is 0 Å². The van der Waals surface area contributed by atoms with Crippen molar-refractivity contribution in [2.75, 3.05) is 11.9 Å². The lowest BCUT2D eigenvalue weighted by molar-refractivity contribution is -0.122. The van der Waals surface area contributed by atoms with Gasteiger partial charge in [0, 0.05) is 18.8 Å². The monoisotopic (exact) mass is 456 g/mol. The van der Waals surface area contributed by atoms with Crippen molar-refractivity contribution in [2.24, 2.45) is 0 Å². The maximum absolute atomic E-state index is 13.4. The number of carbonyl (C=O) groups is 1. The Balaban J connectivity index is 1.77. The molecule has 1 saturated carbocycles. The zero-order chi connectivity index (χ0) is 22.0. The van der Waals surface area contributed by atoms with Gasteiger partial charge in [0.05, 0.1) is 10.5 Å². The molecule has 4 rings (SSSR count). The summed E-state index contributed by atoms with van der Waals surface area (Å²) >= 11 is 6.69. The Kier molecular flexibility index (Phi) is 6.77. The van der Waals surface area contributed by atoms with Gasteiger partial charge >= 0.3 is 0 Å². The van der Waals surface area contributed by atoms with Gasteiger partial charge in [-0.25, -0.2) is 4.98 Å². The van der Waals surface area contributed by atoms with Crippen LogP contribution >= 0.6 is 24.0 Å². The van der Waals surface area contributed by atoms with E-state index in [9.17, 15) is 9.59 Å². The highest BCUT2D eigenvalue weighted by Gasteiger charge is 2.32. The van der Waals surface area contributed by atoms with Gasteiger partial charge in [0.25, 0.3) is 11.5 Å². The molecule has 2 aromatic rings. The fourth-order valence-electron chi connectivity index (χ4n) is 4.08. The highest BCUT2D eigenvalue weighted by atomic mass is 32.2. The predicted molar refractivity (Wildman–Crippen MR) is 131 cm³/mol. The van der Waals surface area contributed by atoms with E-state index in [0.717, 1.165) is 31.2 Å². The second-order valence-electron chi connectivity index (χ2n) is 8.28. The smallest absolute Gasteiger partial charge is 0.267 e. The van der Waals surface area contributed by atoms with E-state index in [1.54, 1.807) is 21.6 Å². The van der Waals surface area contributed by atoms with Gasteiger partial charge in [-0.1, -0.05) is 62.7 Å². The molecule has 1 aliphatic carbocycles. The first kappa shape index (κ1) is 22.0. The number of hydrogen-bond acceptors (Lipinski definition) is 6. The molecule has 8 heteroatoms. The van der Waals surface area contributed by atoms with E-state index in [4.69, 9.17) is 17.2 Å². The lowest BCUT2D eigenvalue weighted by Gasteiger charge is -2.24. The minimum Gasteiger partial charge on any atom is -0.367 e. The molecule has 0 radical (unpaired) electrons. The zero-order valence-corrected chi connectivity index (χ0v) is 19.7. The third-order valence-electron chi connectivity index (χ3n) is 5.84. The number of anilines is 1. The van der Waals surface area contributed by atoms with Crippen LogP contribution in [0.2, 0.25) is 0 Å². The molecule has 2 aliphatic rings. The highest BCUT2D eigenvalue weighted by Crippen LogP contribution is 2.33. The molecule has 1 amide bonds. The number of nitrogens with one attached hydrogen (secondary N) is 1. The summed E-state index contributed by atoms with van der Waals surface area (Å²) in [6, 6.07) is 4.10. The topological polar surface area (TPSA) is 66.7 Å². The van der Waals surface area contributed by atoms with E-state index in [2.05, 4.69) is 12.2 Å². The van der Waals surface area contributed by atoms with Crippen LogP contribution in [0.25, 0.3) is 11.7 Å². The quantitative estimate of drug-likeness (QED) is 0.500. The van der Waals surface area contributed by atoms with Crippen molar-refractivity contribution in [3.05, 3.63) is 44.7 Å². The second-order valence-corrected chi connectivity index (χ2v) is 9.96. The van der Waals surface area contributed by atoms with E-state index in [-0.39, 0.29) is 11.5 Å². The predicted octanol–water partition coefficient (Wildman–Crippen LogP) is 4.75. The van der Waals surface area contributed by atoms with Gasteiger partial charge in [0.1, 0.15) is 15.8 Å². The molecule has 2 aromatic heterocycles. The standard InChI is InChI=1S/C23H28N4O2S2/c1-3-4-12-26-22(29)18(31-23(26)30)13-17-20(24-16-8-6-5-7-9-16)25-19-11-10-15(2)14-27(19)21(17)28/h10-11,13-14,16,24H,3-9,12H2,1-2H3/b18-13+. The van der Waals surface area contributed by atoms with Crippen molar-refractivity contribution in [1.29, 1.82) is 0 Å². The number of fused-ring (bicyclic) bond motifs is 1. The third kappa shape index (κ3) is 4.70. The third-order valence-corrected chi connectivity index (χ3v) is 7.21. The number of rotatable bonds is 6. The average Bonchev–Trinajstić information content (AvgIpc) is 3.03. The summed E-state index contributed by atoms with van der Waals surface area (Å²) in [6.45, 7) is 4.64. The van der Waals surface area contributed by atoms with Crippen molar-refractivity contribution >= 4 is 51.7 Å². The summed E-state index contributed by atoms with van der Waals surface area (Å²) in [7, 11) is 0. The van der Waals surface area contributed by atoms with E-state index in [1.165, 1.54) is 31.0 Å². The first-order chi connectivity index (χ1) is 15.0. The summed E-state index contributed by atoms with van der Waals surface area (Å²) in [5.41, 5.74) is 1.82. The molecule has 1 N–H and O–H groups in total. The zero-order valence-electron chi connectivity index (χ0n) is 18.0. The minimum atomic E-state index is -0.175. The van der Waals surface area contributed by atoms with Crippen LogP contribution in [0.3, 0.4) is 0 Å². The summed E-state index contributed by atoms with van der Waals surface area (Å²) in [4.78, 5) is 33.3. The minimum absolute atomic E-state index is 0.124. The molecule has 164 valence electrons. The lowest BCUT2D eigenvalue weighted by atomic mass is 9.95. The number of aromatic nitrogens is 2. The molecule has 0 bridgehead atoms. The second kappa shape index (κ2) is 9.53. The number of thioether (sulfide) groups is 1. The number of pyridine rings is 1. The summed E-state index contributed by atoms with van der Waals surface area (Å²) in [6.07, 6.45) is 11.1. The fraction of sp³-hybridized carbons (Fsp3) is 0.478. The van der Waals surface area contributed by atoms with E-state index in [1.807, 2.05) is 19.1 Å².